The van der Waals surface area contributed by atoms with Gasteiger partial charge in [0.25, 0.3) is 5.89 Å². The molecule has 0 spiro atoms. The minimum absolute atomic E-state index is 0.441. The first kappa shape index (κ1) is 10.1. The highest BCUT2D eigenvalue weighted by molar-refractivity contribution is 7.14. The molecule has 0 amide bonds. The number of thiophene rings is 1. The molecule has 3 heterocycles. The van der Waals surface area contributed by atoms with Crippen LogP contribution in [0, 0.1) is 6.92 Å². The highest BCUT2D eigenvalue weighted by Crippen LogP contribution is 2.34. The average molecular weight is 247 g/mol. The van der Waals surface area contributed by atoms with E-state index in [1.54, 1.807) is 18.6 Å². The molecule has 0 aliphatic heterocycles. The topological polar surface area (TPSA) is 78.1 Å². The van der Waals surface area contributed by atoms with E-state index in [0.717, 1.165) is 16.0 Å². The van der Waals surface area contributed by atoms with E-state index in [0.29, 0.717) is 17.4 Å². The van der Waals surface area contributed by atoms with Crippen molar-refractivity contribution in [3.8, 4) is 22.2 Å². The Kier molecular flexibility index (Phi) is 2.22. The largest absolute Gasteiger partial charge is 0.472 e. The number of aromatic nitrogens is 2. The smallest absolute Gasteiger partial charge is 0.270 e. The molecule has 0 unspecified atom stereocenters. The van der Waals surface area contributed by atoms with Crippen molar-refractivity contribution >= 4 is 17.0 Å². The van der Waals surface area contributed by atoms with E-state index in [1.807, 2.05) is 12.3 Å². The number of rotatable bonds is 2. The Morgan fingerprint density at radius 1 is 1.41 bits per heavy atom. The van der Waals surface area contributed by atoms with E-state index in [9.17, 15) is 0 Å². The van der Waals surface area contributed by atoms with Crippen LogP contribution in [-0.2, 0) is 0 Å². The Morgan fingerprint density at radius 3 is 2.94 bits per heavy atom. The van der Waals surface area contributed by atoms with Crippen LogP contribution in [0.5, 0.6) is 0 Å². The maximum atomic E-state index is 5.93. The molecule has 0 radical (unpaired) electrons. The molecule has 0 fully saturated rings. The summed E-state index contributed by atoms with van der Waals surface area (Å²) in [5.74, 6) is 0.941. The van der Waals surface area contributed by atoms with Crippen molar-refractivity contribution in [1.29, 1.82) is 0 Å². The van der Waals surface area contributed by atoms with Gasteiger partial charge in [0, 0.05) is 0 Å². The second kappa shape index (κ2) is 3.74. The van der Waals surface area contributed by atoms with Crippen molar-refractivity contribution in [2.75, 3.05) is 5.73 Å². The van der Waals surface area contributed by atoms with Gasteiger partial charge >= 0.3 is 0 Å². The van der Waals surface area contributed by atoms with Crippen LogP contribution in [0.25, 0.3) is 22.2 Å². The normalized spacial score (nSPS) is 10.9. The lowest BCUT2D eigenvalue weighted by Gasteiger charge is -1.91. The lowest BCUT2D eigenvalue weighted by atomic mass is 10.3. The quantitative estimate of drug-likeness (QED) is 0.753. The second-order valence-corrected chi connectivity index (χ2v) is 4.48. The summed E-state index contributed by atoms with van der Waals surface area (Å²) in [5.41, 5.74) is 8.42. The van der Waals surface area contributed by atoms with Gasteiger partial charge in [0.15, 0.2) is 0 Å². The van der Waals surface area contributed by atoms with E-state index in [-0.39, 0.29) is 0 Å². The first-order valence-corrected chi connectivity index (χ1v) is 5.84. The monoisotopic (exact) mass is 247 g/mol. The van der Waals surface area contributed by atoms with Gasteiger partial charge < -0.3 is 14.7 Å². The summed E-state index contributed by atoms with van der Waals surface area (Å²) in [6, 6.07) is 1.78. The van der Waals surface area contributed by atoms with Crippen LogP contribution in [0.1, 0.15) is 5.56 Å². The first-order chi connectivity index (χ1) is 8.25. The van der Waals surface area contributed by atoms with Gasteiger partial charge in [-0.3, -0.25) is 0 Å². The predicted octanol–water partition coefficient (Wildman–Crippen LogP) is 2.95. The molecule has 0 saturated carbocycles. The third-order valence-corrected chi connectivity index (χ3v) is 3.52. The van der Waals surface area contributed by atoms with E-state index < -0.39 is 0 Å². The summed E-state index contributed by atoms with van der Waals surface area (Å²) in [6.45, 7) is 1.95. The highest BCUT2D eigenvalue weighted by atomic mass is 32.1. The summed E-state index contributed by atoms with van der Waals surface area (Å²) in [6.07, 6.45) is 3.13. The van der Waals surface area contributed by atoms with E-state index in [4.69, 9.17) is 14.7 Å². The van der Waals surface area contributed by atoms with Crippen molar-refractivity contribution in [2.24, 2.45) is 0 Å². The summed E-state index contributed by atoms with van der Waals surface area (Å²) >= 11 is 1.50. The summed E-state index contributed by atoms with van der Waals surface area (Å²) in [4.78, 5) is 5.10. The van der Waals surface area contributed by atoms with Gasteiger partial charge in [-0.2, -0.15) is 4.98 Å². The first-order valence-electron chi connectivity index (χ1n) is 4.96. The van der Waals surface area contributed by atoms with Gasteiger partial charge in [0.05, 0.1) is 17.5 Å². The fourth-order valence-corrected chi connectivity index (χ4v) is 2.34. The molecule has 5 nitrogen and oxygen atoms in total. The Labute approximate surface area is 101 Å². The molecule has 0 aromatic carbocycles. The molecule has 3 aromatic rings. The molecule has 2 N–H and O–H groups in total. The van der Waals surface area contributed by atoms with Crippen molar-refractivity contribution in [3.05, 3.63) is 29.5 Å². The zero-order valence-corrected chi connectivity index (χ0v) is 9.82. The molecule has 6 heteroatoms. The number of aryl methyl sites for hydroxylation is 1. The van der Waals surface area contributed by atoms with E-state index in [2.05, 4.69) is 10.1 Å². The van der Waals surface area contributed by atoms with Gasteiger partial charge in [0.1, 0.15) is 11.1 Å². The van der Waals surface area contributed by atoms with Gasteiger partial charge in [-0.1, -0.05) is 5.16 Å². The molecule has 17 heavy (non-hydrogen) atoms. The van der Waals surface area contributed by atoms with Gasteiger partial charge in [-0.05, 0) is 23.9 Å². The zero-order valence-electron chi connectivity index (χ0n) is 9.01. The van der Waals surface area contributed by atoms with Crippen LogP contribution in [0.3, 0.4) is 0 Å². The number of anilines is 1. The molecule has 3 rings (SSSR count). The van der Waals surface area contributed by atoms with Crippen molar-refractivity contribution in [3.63, 3.8) is 0 Å². The third kappa shape index (κ3) is 1.62. The fourth-order valence-electron chi connectivity index (χ4n) is 1.44. The van der Waals surface area contributed by atoms with E-state index >= 15 is 0 Å². The van der Waals surface area contributed by atoms with Crippen LogP contribution >= 0.6 is 11.3 Å². The fraction of sp³-hybridized carbons (Fsp3) is 0.0909. The third-order valence-electron chi connectivity index (χ3n) is 2.42. The highest BCUT2D eigenvalue weighted by Gasteiger charge is 2.16. The average Bonchev–Trinajstić information content (AvgIpc) is 3.01. The number of nitrogens with two attached hydrogens (primary N) is 1. The lowest BCUT2D eigenvalue weighted by Crippen LogP contribution is -1.87. The number of hydrogen-bond donors (Lipinski definition) is 1. The van der Waals surface area contributed by atoms with Crippen LogP contribution in [-0.4, -0.2) is 10.1 Å². The summed E-state index contributed by atoms with van der Waals surface area (Å²) in [5, 5.41) is 5.86. The Bertz CT molecular complexity index is 640. The van der Waals surface area contributed by atoms with Crippen LogP contribution in [0.4, 0.5) is 5.69 Å². The summed E-state index contributed by atoms with van der Waals surface area (Å²) in [7, 11) is 0. The standard InChI is InChI=1S/C11H9N3O2S/c1-6-5-17-9(8(6)12)11-13-10(14-16-11)7-2-3-15-4-7/h2-5H,12H2,1H3. The van der Waals surface area contributed by atoms with Gasteiger partial charge in [-0.25, -0.2) is 0 Å². The van der Waals surface area contributed by atoms with Gasteiger partial charge in [-0.15, -0.1) is 11.3 Å². The number of furan rings is 1. The van der Waals surface area contributed by atoms with Crippen molar-refractivity contribution in [2.45, 2.75) is 6.92 Å². The van der Waals surface area contributed by atoms with Gasteiger partial charge in [0.2, 0.25) is 5.82 Å². The zero-order chi connectivity index (χ0) is 11.8. The molecule has 0 aliphatic rings. The molecule has 0 saturated heterocycles. The molecule has 0 bridgehead atoms. The molecule has 86 valence electrons. The number of nitrogens with zero attached hydrogens (tertiary/aromatic N) is 2. The minimum Gasteiger partial charge on any atom is -0.472 e. The number of hydrogen-bond acceptors (Lipinski definition) is 6. The Hall–Kier alpha value is -2.08. The van der Waals surface area contributed by atoms with Crippen LogP contribution in [0.15, 0.2) is 32.9 Å². The number of nitrogen functional groups attached to an aromatic ring is 1. The maximum Gasteiger partial charge on any atom is 0.270 e. The summed E-state index contributed by atoms with van der Waals surface area (Å²) < 4.78 is 10.2. The molecule has 0 atom stereocenters. The molecule has 0 aliphatic carbocycles. The SMILES string of the molecule is Cc1csc(-c2nc(-c3ccoc3)no2)c1N. The Morgan fingerprint density at radius 2 is 2.29 bits per heavy atom. The maximum absolute atomic E-state index is 5.93. The molecule has 3 aromatic heterocycles. The van der Waals surface area contributed by atoms with Crippen molar-refractivity contribution in [1.82, 2.24) is 10.1 Å². The Balaban J connectivity index is 2.04. The predicted molar refractivity (Wildman–Crippen MR) is 64.5 cm³/mol. The molecular weight excluding hydrogens is 238 g/mol. The lowest BCUT2D eigenvalue weighted by molar-refractivity contribution is 0.433. The van der Waals surface area contributed by atoms with Crippen LogP contribution < -0.4 is 5.73 Å². The second-order valence-electron chi connectivity index (χ2n) is 3.60. The minimum atomic E-state index is 0.441. The van der Waals surface area contributed by atoms with Crippen LogP contribution in [0.2, 0.25) is 0 Å². The van der Waals surface area contributed by atoms with E-state index in [1.165, 1.54) is 11.3 Å². The molecular formula is C11H9N3O2S. The van der Waals surface area contributed by atoms with Crippen molar-refractivity contribution < 1.29 is 8.94 Å².